The van der Waals surface area contributed by atoms with E-state index in [9.17, 15) is 19.5 Å². The number of piperidine rings is 2. The molecule has 2 N–H and O–H groups in total. The van der Waals surface area contributed by atoms with Crippen LogP contribution in [0.4, 0.5) is 0 Å². The molecule has 0 aromatic rings. The molecule has 2 saturated heterocycles. The molecule has 0 aromatic heterocycles. The van der Waals surface area contributed by atoms with Crippen LogP contribution in [-0.2, 0) is 14.4 Å². The van der Waals surface area contributed by atoms with Gasteiger partial charge in [-0.05, 0) is 24.2 Å². The molecule has 2 heterocycles. The Hall–Kier alpha value is -1.59. The van der Waals surface area contributed by atoms with Crippen molar-refractivity contribution >= 4 is 17.8 Å². The minimum Gasteiger partial charge on any atom is -0.481 e. The van der Waals surface area contributed by atoms with E-state index in [1.165, 1.54) is 0 Å². The lowest BCUT2D eigenvalue weighted by molar-refractivity contribution is -0.157. The number of nitrogens with zero attached hydrogens (tertiary/aromatic N) is 1. The van der Waals surface area contributed by atoms with Crippen LogP contribution in [0.2, 0.25) is 0 Å². The van der Waals surface area contributed by atoms with Gasteiger partial charge in [-0.25, -0.2) is 0 Å². The minimum absolute atomic E-state index is 0.0779. The molecule has 3 unspecified atom stereocenters. The van der Waals surface area contributed by atoms with Crippen molar-refractivity contribution in [2.24, 2.45) is 17.3 Å². The van der Waals surface area contributed by atoms with Crippen molar-refractivity contribution in [3.63, 3.8) is 0 Å². The summed E-state index contributed by atoms with van der Waals surface area (Å²) in [6.07, 6.45) is 1.97. The molecule has 0 spiro atoms. The van der Waals surface area contributed by atoms with Crippen molar-refractivity contribution in [2.75, 3.05) is 13.1 Å². The Morgan fingerprint density at radius 2 is 2.00 bits per heavy atom. The first-order chi connectivity index (χ1) is 9.70. The average Bonchev–Trinajstić information content (AvgIpc) is 2.35. The number of likely N-dealkylation sites (tertiary alicyclic amines) is 1. The number of carboxylic acids is 1. The predicted molar refractivity (Wildman–Crippen MR) is 76.4 cm³/mol. The van der Waals surface area contributed by atoms with E-state index < -0.39 is 17.3 Å². The van der Waals surface area contributed by atoms with Crippen molar-refractivity contribution in [1.29, 1.82) is 0 Å². The highest BCUT2D eigenvalue weighted by atomic mass is 16.4. The van der Waals surface area contributed by atoms with E-state index in [1.54, 1.807) is 25.7 Å². The third kappa shape index (κ3) is 3.36. The summed E-state index contributed by atoms with van der Waals surface area (Å²) in [5.74, 6) is -2.06. The van der Waals surface area contributed by atoms with Gasteiger partial charge in [0.1, 0.15) is 5.92 Å². The first kappa shape index (κ1) is 15.8. The van der Waals surface area contributed by atoms with Crippen LogP contribution < -0.4 is 5.32 Å². The Morgan fingerprint density at radius 1 is 1.33 bits per heavy atom. The summed E-state index contributed by atoms with van der Waals surface area (Å²) in [4.78, 5) is 37.1. The number of hydrogen-bond donors (Lipinski definition) is 2. The second-order valence-electron chi connectivity index (χ2n) is 7.18. The Morgan fingerprint density at radius 3 is 2.57 bits per heavy atom. The lowest BCUT2D eigenvalue weighted by Crippen LogP contribution is -2.57. The van der Waals surface area contributed by atoms with Crippen LogP contribution in [0.15, 0.2) is 0 Å². The van der Waals surface area contributed by atoms with Crippen LogP contribution in [0.3, 0.4) is 0 Å². The molecule has 118 valence electrons. The fourth-order valence-corrected chi connectivity index (χ4v) is 3.34. The van der Waals surface area contributed by atoms with Crippen LogP contribution in [0, 0.1) is 17.3 Å². The number of rotatable bonds is 2. The second-order valence-corrected chi connectivity index (χ2v) is 7.18. The number of carbonyl (C=O) groups is 3. The summed E-state index contributed by atoms with van der Waals surface area (Å²) in [5, 5.41) is 12.3. The molecule has 0 saturated carbocycles. The SMILES string of the molecule is CC(C)(C)C(C(=O)O)C(=O)N1CCC2NC(=O)CCC2C1. The Bertz CT molecular complexity index is 455. The maximum absolute atomic E-state index is 12.6. The fourth-order valence-electron chi connectivity index (χ4n) is 3.34. The van der Waals surface area contributed by atoms with Gasteiger partial charge in [0, 0.05) is 25.6 Å². The third-order valence-electron chi connectivity index (χ3n) is 4.49. The molecule has 2 aliphatic rings. The number of aliphatic carboxylic acids is 1. The lowest BCUT2D eigenvalue weighted by atomic mass is 9.78. The molecule has 2 rings (SSSR count). The largest absolute Gasteiger partial charge is 0.481 e. The van der Waals surface area contributed by atoms with Gasteiger partial charge in [-0.2, -0.15) is 0 Å². The molecule has 0 radical (unpaired) electrons. The normalized spacial score (nSPS) is 27.6. The maximum atomic E-state index is 12.6. The molecule has 2 amide bonds. The van der Waals surface area contributed by atoms with Gasteiger partial charge < -0.3 is 15.3 Å². The summed E-state index contributed by atoms with van der Waals surface area (Å²) in [6.45, 7) is 6.38. The number of carbonyl (C=O) groups excluding carboxylic acids is 2. The van der Waals surface area contributed by atoms with Crippen molar-refractivity contribution in [3.8, 4) is 0 Å². The van der Waals surface area contributed by atoms with E-state index in [0.29, 0.717) is 25.9 Å². The molecule has 6 nitrogen and oxygen atoms in total. The quantitative estimate of drug-likeness (QED) is 0.740. The topological polar surface area (TPSA) is 86.7 Å². The van der Waals surface area contributed by atoms with E-state index in [0.717, 1.165) is 6.42 Å². The van der Waals surface area contributed by atoms with Gasteiger partial charge in [0.2, 0.25) is 11.8 Å². The van der Waals surface area contributed by atoms with E-state index in [1.807, 2.05) is 0 Å². The molecule has 6 heteroatoms. The van der Waals surface area contributed by atoms with Crippen molar-refractivity contribution in [3.05, 3.63) is 0 Å². The van der Waals surface area contributed by atoms with Crippen LogP contribution in [-0.4, -0.2) is 46.9 Å². The van der Waals surface area contributed by atoms with E-state index in [-0.39, 0.29) is 23.8 Å². The van der Waals surface area contributed by atoms with E-state index >= 15 is 0 Å². The zero-order valence-electron chi connectivity index (χ0n) is 12.9. The Labute approximate surface area is 124 Å². The number of hydrogen-bond acceptors (Lipinski definition) is 3. The fraction of sp³-hybridized carbons (Fsp3) is 0.800. The van der Waals surface area contributed by atoms with Gasteiger partial charge >= 0.3 is 5.97 Å². The first-order valence-electron chi connectivity index (χ1n) is 7.51. The highest BCUT2D eigenvalue weighted by Gasteiger charge is 2.43. The number of nitrogens with one attached hydrogen (secondary N) is 1. The number of amides is 2. The molecule has 2 fully saturated rings. The number of carboxylic acid groups (broad SMARTS) is 1. The molecular weight excluding hydrogens is 272 g/mol. The monoisotopic (exact) mass is 296 g/mol. The van der Waals surface area contributed by atoms with E-state index in [4.69, 9.17) is 0 Å². The van der Waals surface area contributed by atoms with Gasteiger partial charge in [0.15, 0.2) is 0 Å². The Kier molecular flexibility index (Phi) is 4.25. The predicted octanol–water partition coefficient (Wildman–Crippen LogP) is 0.860. The Balaban J connectivity index is 2.07. The maximum Gasteiger partial charge on any atom is 0.316 e. The van der Waals surface area contributed by atoms with Gasteiger partial charge in [-0.15, -0.1) is 0 Å². The van der Waals surface area contributed by atoms with Gasteiger partial charge in [0.25, 0.3) is 0 Å². The lowest BCUT2D eigenvalue weighted by Gasteiger charge is -2.43. The summed E-state index contributed by atoms with van der Waals surface area (Å²) < 4.78 is 0. The second kappa shape index (κ2) is 5.66. The third-order valence-corrected chi connectivity index (χ3v) is 4.49. The van der Waals surface area contributed by atoms with E-state index in [2.05, 4.69) is 5.32 Å². The standard InChI is InChI=1S/C15H24N2O4/c1-15(2,3)12(14(20)21)13(19)17-7-6-10-9(8-17)4-5-11(18)16-10/h9-10,12H,4-8H2,1-3H3,(H,16,18)(H,20,21). The van der Waals surface area contributed by atoms with Crippen LogP contribution in [0.25, 0.3) is 0 Å². The average molecular weight is 296 g/mol. The summed E-state index contributed by atoms with van der Waals surface area (Å²) in [7, 11) is 0. The van der Waals surface area contributed by atoms with Gasteiger partial charge in [-0.1, -0.05) is 20.8 Å². The minimum atomic E-state index is -1.06. The molecule has 0 aromatic carbocycles. The number of fused-ring (bicyclic) bond motifs is 1. The van der Waals surface area contributed by atoms with Crippen LogP contribution in [0.5, 0.6) is 0 Å². The molecule has 21 heavy (non-hydrogen) atoms. The highest BCUT2D eigenvalue weighted by Crippen LogP contribution is 2.31. The zero-order valence-corrected chi connectivity index (χ0v) is 12.9. The van der Waals surface area contributed by atoms with Crippen molar-refractivity contribution < 1.29 is 19.5 Å². The van der Waals surface area contributed by atoms with Crippen LogP contribution >= 0.6 is 0 Å². The molecule has 3 atom stereocenters. The van der Waals surface area contributed by atoms with Gasteiger partial charge in [-0.3, -0.25) is 14.4 Å². The van der Waals surface area contributed by atoms with Gasteiger partial charge in [0.05, 0.1) is 0 Å². The highest BCUT2D eigenvalue weighted by molar-refractivity contribution is 5.97. The molecule has 2 aliphatic heterocycles. The summed E-state index contributed by atoms with van der Waals surface area (Å²) in [6, 6.07) is 0.133. The molecular formula is C15H24N2O4. The molecule has 0 bridgehead atoms. The summed E-state index contributed by atoms with van der Waals surface area (Å²) >= 11 is 0. The summed E-state index contributed by atoms with van der Waals surface area (Å²) in [5.41, 5.74) is -0.611. The first-order valence-corrected chi connectivity index (χ1v) is 7.51. The smallest absolute Gasteiger partial charge is 0.316 e. The molecule has 0 aliphatic carbocycles. The van der Waals surface area contributed by atoms with Crippen LogP contribution in [0.1, 0.15) is 40.0 Å². The zero-order chi connectivity index (χ0) is 15.8. The van der Waals surface area contributed by atoms with Crippen molar-refractivity contribution in [2.45, 2.75) is 46.1 Å². The van der Waals surface area contributed by atoms with Crippen molar-refractivity contribution in [1.82, 2.24) is 10.2 Å².